The third kappa shape index (κ3) is 8.23. The molecule has 8 heteroatoms. The summed E-state index contributed by atoms with van der Waals surface area (Å²) >= 11 is 0. The number of amides is 1. The minimum Gasteiger partial charge on any atom is -0.444 e. The average Bonchev–Trinajstić information content (AvgIpc) is 2.32. The molecule has 1 aliphatic rings. The number of nitrogens with zero attached hydrogens (tertiary/aromatic N) is 1. The fourth-order valence-corrected chi connectivity index (χ4v) is 2.67. The predicted octanol–water partition coefficient (Wildman–Crippen LogP) is 0.512. The van der Waals surface area contributed by atoms with Gasteiger partial charge in [0.15, 0.2) is 0 Å². The van der Waals surface area contributed by atoms with Gasteiger partial charge in [0, 0.05) is 19.6 Å². The molecule has 124 valence electrons. The fourth-order valence-electron chi connectivity index (χ4n) is 2.24. The third-order valence-corrected chi connectivity index (χ3v) is 3.94. The Morgan fingerprint density at radius 1 is 1.43 bits per heavy atom. The largest absolute Gasteiger partial charge is 0.444 e. The molecule has 1 rings (SSSR count). The molecule has 21 heavy (non-hydrogen) atoms. The Labute approximate surface area is 127 Å². The second kappa shape index (κ2) is 7.42. The lowest BCUT2D eigenvalue weighted by molar-refractivity contribution is 0.0167. The molecular formula is C13H27N3O4S. The van der Waals surface area contributed by atoms with E-state index < -0.39 is 15.6 Å². The summed E-state index contributed by atoms with van der Waals surface area (Å²) in [5, 5.41) is 8.02. The van der Waals surface area contributed by atoms with Crippen molar-refractivity contribution in [3.63, 3.8) is 0 Å². The van der Waals surface area contributed by atoms with Crippen molar-refractivity contribution in [3.8, 4) is 0 Å². The van der Waals surface area contributed by atoms with Gasteiger partial charge in [0.25, 0.3) is 0 Å². The molecule has 1 atom stereocenters. The quantitative estimate of drug-likeness (QED) is 0.719. The monoisotopic (exact) mass is 321 g/mol. The minimum atomic E-state index is -3.42. The number of hydrogen-bond acceptors (Lipinski definition) is 5. The number of hydrogen-bond donors (Lipinski definition) is 2. The first kappa shape index (κ1) is 18.2. The lowest BCUT2D eigenvalue weighted by atomic mass is 9.98. The summed E-state index contributed by atoms with van der Waals surface area (Å²) in [7, 11) is -3.42. The Balaban J connectivity index is 2.33. The molecule has 0 aromatic rings. The minimum absolute atomic E-state index is 0.0739. The van der Waals surface area contributed by atoms with Gasteiger partial charge in [-0.2, -0.15) is 0 Å². The van der Waals surface area contributed by atoms with Gasteiger partial charge in [-0.05, 0) is 46.1 Å². The van der Waals surface area contributed by atoms with Gasteiger partial charge < -0.3 is 15.0 Å². The van der Waals surface area contributed by atoms with Gasteiger partial charge in [-0.25, -0.2) is 18.4 Å². The third-order valence-electron chi connectivity index (χ3n) is 3.17. The SMILES string of the molecule is CC(C)(C)OC(=O)N1CCCC(CNCCS(N)(=O)=O)C1. The average molecular weight is 321 g/mol. The molecule has 1 saturated heterocycles. The van der Waals surface area contributed by atoms with Crippen LogP contribution in [0.4, 0.5) is 4.79 Å². The summed E-state index contributed by atoms with van der Waals surface area (Å²) in [6.07, 6.45) is 1.67. The maximum Gasteiger partial charge on any atom is 0.410 e. The molecular weight excluding hydrogens is 294 g/mol. The van der Waals surface area contributed by atoms with E-state index in [4.69, 9.17) is 9.88 Å². The highest BCUT2D eigenvalue weighted by Crippen LogP contribution is 2.18. The highest BCUT2D eigenvalue weighted by atomic mass is 32.2. The lowest BCUT2D eigenvalue weighted by Gasteiger charge is -2.34. The summed E-state index contributed by atoms with van der Waals surface area (Å²) in [6, 6.07) is 0. The van der Waals surface area contributed by atoms with E-state index in [1.54, 1.807) is 4.90 Å². The number of primary sulfonamides is 1. The maximum absolute atomic E-state index is 12.0. The summed E-state index contributed by atoms with van der Waals surface area (Å²) in [6.45, 7) is 7.90. The normalized spacial score (nSPS) is 20.4. The maximum atomic E-state index is 12.0. The van der Waals surface area contributed by atoms with Crippen molar-refractivity contribution < 1.29 is 17.9 Å². The molecule has 1 amide bonds. The van der Waals surface area contributed by atoms with E-state index >= 15 is 0 Å². The van der Waals surface area contributed by atoms with Crippen LogP contribution < -0.4 is 10.5 Å². The van der Waals surface area contributed by atoms with Crippen molar-refractivity contribution in [3.05, 3.63) is 0 Å². The Morgan fingerprint density at radius 2 is 2.10 bits per heavy atom. The van der Waals surface area contributed by atoms with E-state index in [1.165, 1.54) is 0 Å². The van der Waals surface area contributed by atoms with Gasteiger partial charge >= 0.3 is 6.09 Å². The van der Waals surface area contributed by atoms with Crippen LogP contribution in [0.25, 0.3) is 0 Å². The molecule has 0 radical (unpaired) electrons. The highest BCUT2D eigenvalue weighted by molar-refractivity contribution is 7.89. The van der Waals surface area contributed by atoms with Crippen LogP contribution in [0.3, 0.4) is 0 Å². The topological polar surface area (TPSA) is 102 Å². The molecule has 0 aromatic carbocycles. The van der Waals surface area contributed by atoms with Crippen LogP contribution in [0, 0.1) is 5.92 Å². The Hall–Kier alpha value is -0.860. The molecule has 1 unspecified atom stereocenters. The molecule has 1 fully saturated rings. The van der Waals surface area contributed by atoms with Crippen molar-refractivity contribution in [2.45, 2.75) is 39.2 Å². The zero-order valence-electron chi connectivity index (χ0n) is 13.1. The van der Waals surface area contributed by atoms with Gasteiger partial charge in [0.1, 0.15) is 5.60 Å². The Bertz CT molecular complexity index is 445. The van der Waals surface area contributed by atoms with E-state index in [2.05, 4.69) is 5.32 Å². The van der Waals surface area contributed by atoms with E-state index in [0.717, 1.165) is 12.8 Å². The zero-order valence-corrected chi connectivity index (χ0v) is 13.9. The van der Waals surface area contributed by atoms with Crippen LogP contribution in [0.1, 0.15) is 33.6 Å². The number of piperidine rings is 1. The van der Waals surface area contributed by atoms with E-state index in [1.807, 2.05) is 20.8 Å². The Morgan fingerprint density at radius 3 is 2.67 bits per heavy atom. The zero-order chi connectivity index (χ0) is 16.1. The number of carbonyl (C=O) groups excluding carboxylic acids is 1. The van der Waals surface area contributed by atoms with E-state index in [-0.39, 0.29) is 11.8 Å². The first-order valence-corrected chi connectivity index (χ1v) is 8.97. The van der Waals surface area contributed by atoms with Crippen LogP contribution in [-0.2, 0) is 14.8 Å². The van der Waals surface area contributed by atoms with Gasteiger partial charge in [-0.1, -0.05) is 0 Å². The number of sulfonamides is 1. The molecule has 0 bridgehead atoms. The number of carbonyl (C=O) groups is 1. The molecule has 7 nitrogen and oxygen atoms in total. The number of likely N-dealkylation sites (tertiary alicyclic amines) is 1. The second-order valence-corrected chi connectivity index (χ2v) is 8.24. The van der Waals surface area contributed by atoms with Crippen molar-refractivity contribution in [2.75, 3.05) is 31.9 Å². The second-order valence-electron chi connectivity index (χ2n) is 6.51. The number of rotatable bonds is 5. The van der Waals surface area contributed by atoms with Crippen molar-refractivity contribution in [2.24, 2.45) is 11.1 Å². The number of nitrogens with one attached hydrogen (secondary N) is 1. The van der Waals surface area contributed by atoms with Crippen molar-refractivity contribution >= 4 is 16.1 Å². The summed E-state index contributed by atoms with van der Waals surface area (Å²) in [4.78, 5) is 13.7. The van der Waals surface area contributed by atoms with Gasteiger partial charge in [0.2, 0.25) is 10.0 Å². The molecule has 1 heterocycles. The first-order chi connectivity index (χ1) is 9.57. The van der Waals surface area contributed by atoms with E-state index in [9.17, 15) is 13.2 Å². The molecule has 0 aliphatic carbocycles. The van der Waals surface area contributed by atoms with Crippen LogP contribution in [0.2, 0.25) is 0 Å². The summed E-state index contributed by atoms with van der Waals surface area (Å²) in [5.41, 5.74) is -0.488. The molecule has 0 aromatic heterocycles. The van der Waals surface area contributed by atoms with Gasteiger partial charge in [-0.15, -0.1) is 0 Å². The van der Waals surface area contributed by atoms with Crippen LogP contribution in [0.5, 0.6) is 0 Å². The smallest absolute Gasteiger partial charge is 0.410 e. The van der Waals surface area contributed by atoms with Crippen molar-refractivity contribution in [1.29, 1.82) is 0 Å². The highest BCUT2D eigenvalue weighted by Gasteiger charge is 2.27. The predicted molar refractivity (Wildman–Crippen MR) is 81.4 cm³/mol. The van der Waals surface area contributed by atoms with Crippen LogP contribution >= 0.6 is 0 Å². The molecule has 0 spiro atoms. The summed E-state index contributed by atoms with van der Waals surface area (Å²) in [5.74, 6) is 0.238. The number of nitrogens with two attached hydrogens (primary N) is 1. The van der Waals surface area contributed by atoms with Crippen LogP contribution in [0.15, 0.2) is 0 Å². The summed E-state index contributed by atoms with van der Waals surface area (Å²) < 4.78 is 27.0. The molecule has 0 saturated carbocycles. The molecule has 3 N–H and O–H groups in total. The standard InChI is InChI=1S/C13H27N3O4S/c1-13(2,3)20-12(17)16-7-4-5-11(10-16)9-15-6-8-21(14,18)19/h11,15H,4-10H2,1-3H3,(H2,14,18,19). The Kier molecular flexibility index (Phi) is 6.42. The first-order valence-electron chi connectivity index (χ1n) is 7.26. The molecule has 1 aliphatic heterocycles. The van der Waals surface area contributed by atoms with Crippen LogP contribution in [-0.4, -0.2) is 56.9 Å². The van der Waals surface area contributed by atoms with E-state index in [0.29, 0.717) is 32.1 Å². The lowest BCUT2D eigenvalue weighted by Crippen LogP contribution is -2.45. The van der Waals surface area contributed by atoms with Gasteiger partial charge in [0.05, 0.1) is 5.75 Å². The fraction of sp³-hybridized carbons (Fsp3) is 0.923. The number of ether oxygens (including phenoxy) is 1. The van der Waals surface area contributed by atoms with Gasteiger partial charge in [-0.3, -0.25) is 0 Å². The van der Waals surface area contributed by atoms with Crippen molar-refractivity contribution in [1.82, 2.24) is 10.2 Å².